The standard InChI is InChI=1S/C45H55N5O11S2/c1-8-32-33-24-31(59-43(55)60-44(3,4)5)14-15-37(33)47-39-34(32)26-50-38(39)25-36(35(27-56-7)40(50)52)45(9-2,28-51)61-42(54)58-21-23-63-62-22-20-57-41(53)46-29-10-12-30(13-11-29)49-18-16-48(6)17-19-49/h10-15,24-25,28H,8-9,16-23,26-27H2,1-7H3,(H,46,53)/t45-/m1/s1. The molecule has 2 aliphatic rings. The third kappa shape index (κ3) is 11.5. The molecule has 0 aliphatic carbocycles. The Morgan fingerprint density at radius 2 is 1.59 bits per heavy atom. The predicted octanol–water partition coefficient (Wildman–Crippen LogP) is 7.79. The van der Waals surface area contributed by atoms with Crippen molar-refractivity contribution in [3.05, 3.63) is 81.1 Å². The molecule has 4 aromatic rings. The fourth-order valence-corrected chi connectivity index (χ4v) is 9.17. The van der Waals surface area contributed by atoms with Gasteiger partial charge in [0.1, 0.15) is 24.6 Å². The van der Waals surface area contributed by atoms with Crippen molar-refractivity contribution in [2.24, 2.45) is 0 Å². The van der Waals surface area contributed by atoms with Gasteiger partial charge < -0.3 is 42.8 Å². The number of carbonyl (C=O) groups is 4. The van der Waals surface area contributed by atoms with Crippen molar-refractivity contribution in [3.8, 4) is 17.1 Å². The van der Waals surface area contributed by atoms with Gasteiger partial charge in [-0.3, -0.25) is 14.9 Å². The summed E-state index contributed by atoms with van der Waals surface area (Å²) in [5, 5.41) is 3.50. The highest BCUT2D eigenvalue weighted by molar-refractivity contribution is 8.76. The Morgan fingerprint density at radius 3 is 2.22 bits per heavy atom. The van der Waals surface area contributed by atoms with Crippen LogP contribution in [0.1, 0.15) is 63.3 Å². The van der Waals surface area contributed by atoms with Gasteiger partial charge in [-0.1, -0.05) is 35.4 Å². The molecule has 0 saturated carbocycles. The van der Waals surface area contributed by atoms with E-state index in [1.165, 1.54) is 28.7 Å². The van der Waals surface area contributed by atoms with Crippen molar-refractivity contribution in [3.63, 3.8) is 0 Å². The lowest BCUT2D eigenvalue weighted by atomic mass is 9.88. The van der Waals surface area contributed by atoms with Crippen LogP contribution in [0.4, 0.5) is 25.8 Å². The van der Waals surface area contributed by atoms with E-state index in [0.29, 0.717) is 46.8 Å². The minimum Gasteiger partial charge on any atom is -0.448 e. The number of nitrogens with one attached hydrogen (secondary N) is 1. The van der Waals surface area contributed by atoms with Crippen molar-refractivity contribution >= 4 is 68.6 Å². The highest BCUT2D eigenvalue weighted by Gasteiger charge is 2.41. The number of piperazine rings is 1. The number of hydrogen-bond acceptors (Lipinski definition) is 16. The van der Waals surface area contributed by atoms with Crippen molar-refractivity contribution < 1.29 is 47.6 Å². The number of ether oxygens (including phenoxy) is 6. The summed E-state index contributed by atoms with van der Waals surface area (Å²) in [6, 6.07) is 14.5. The maximum absolute atomic E-state index is 14.3. The number of aldehydes is 1. The molecule has 2 aromatic carbocycles. The van der Waals surface area contributed by atoms with Gasteiger partial charge >= 0.3 is 18.4 Å². The van der Waals surface area contributed by atoms with E-state index in [-0.39, 0.29) is 49.7 Å². The van der Waals surface area contributed by atoms with Gasteiger partial charge in [-0.2, -0.15) is 0 Å². The predicted molar refractivity (Wildman–Crippen MR) is 244 cm³/mol. The van der Waals surface area contributed by atoms with Crippen molar-refractivity contribution in [1.82, 2.24) is 14.5 Å². The number of amides is 1. The van der Waals surface area contributed by atoms with Crippen LogP contribution in [-0.2, 0) is 53.7 Å². The van der Waals surface area contributed by atoms with E-state index in [9.17, 15) is 24.0 Å². The van der Waals surface area contributed by atoms with Gasteiger partial charge in [-0.15, -0.1) is 0 Å². The maximum Gasteiger partial charge on any atom is 0.514 e. The van der Waals surface area contributed by atoms with Gasteiger partial charge in [0.15, 0.2) is 11.9 Å². The van der Waals surface area contributed by atoms with Crippen LogP contribution in [0.5, 0.6) is 5.75 Å². The molecular formula is C45H55N5O11S2. The molecule has 1 saturated heterocycles. The van der Waals surface area contributed by atoms with Crippen molar-refractivity contribution in [1.29, 1.82) is 0 Å². The first kappa shape index (κ1) is 47.2. The first-order valence-electron chi connectivity index (χ1n) is 20.9. The van der Waals surface area contributed by atoms with Gasteiger partial charge in [-0.05, 0) is 94.8 Å². The van der Waals surface area contributed by atoms with E-state index in [0.717, 1.165) is 48.4 Å². The van der Waals surface area contributed by atoms with Crippen LogP contribution in [0, 0.1) is 0 Å². The number of pyridine rings is 2. The van der Waals surface area contributed by atoms with Crippen molar-refractivity contribution in [2.75, 3.05) is 75.3 Å². The van der Waals surface area contributed by atoms with Crippen LogP contribution in [0.25, 0.3) is 22.3 Å². The quantitative estimate of drug-likeness (QED) is 0.0239. The lowest BCUT2D eigenvalue weighted by Crippen LogP contribution is -2.44. The van der Waals surface area contributed by atoms with E-state index < -0.39 is 35.2 Å². The molecule has 1 amide bonds. The summed E-state index contributed by atoms with van der Waals surface area (Å²) in [5.74, 6) is 1.18. The van der Waals surface area contributed by atoms with E-state index in [4.69, 9.17) is 33.4 Å². The third-order valence-electron chi connectivity index (χ3n) is 10.7. The Balaban J connectivity index is 1.05. The first-order valence-corrected chi connectivity index (χ1v) is 23.3. The Morgan fingerprint density at radius 1 is 0.889 bits per heavy atom. The van der Waals surface area contributed by atoms with Gasteiger partial charge in [-0.25, -0.2) is 19.4 Å². The Bertz CT molecular complexity index is 2360. The second-order valence-corrected chi connectivity index (χ2v) is 18.8. The van der Waals surface area contributed by atoms with Gasteiger partial charge in [0.2, 0.25) is 0 Å². The second kappa shape index (κ2) is 20.9. The molecule has 18 heteroatoms. The summed E-state index contributed by atoms with van der Waals surface area (Å²) in [7, 11) is 6.41. The molecule has 16 nitrogen and oxygen atoms in total. The zero-order valence-electron chi connectivity index (χ0n) is 36.8. The summed E-state index contributed by atoms with van der Waals surface area (Å²) in [6.45, 7) is 13.1. The number of likely N-dealkylation sites (N-methyl/N-ethyl adjacent to an activating group) is 1. The summed E-state index contributed by atoms with van der Waals surface area (Å²) >= 11 is 0. The normalized spacial score (nSPS) is 14.6. The average Bonchev–Trinajstić information content (AvgIpc) is 3.62. The number of hydrogen-bond donors (Lipinski definition) is 1. The number of benzene rings is 2. The number of nitrogens with zero attached hydrogens (tertiary/aromatic N) is 4. The Kier molecular flexibility index (Phi) is 15.7. The summed E-state index contributed by atoms with van der Waals surface area (Å²) in [4.78, 5) is 74.7. The smallest absolute Gasteiger partial charge is 0.448 e. The average molecular weight is 906 g/mol. The van der Waals surface area contributed by atoms with Crippen LogP contribution in [0.3, 0.4) is 0 Å². The number of fused-ring (bicyclic) bond motifs is 4. The molecule has 0 unspecified atom stereocenters. The molecule has 0 bridgehead atoms. The second-order valence-electron chi connectivity index (χ2n) is 16.1. The molecule has 1 N–H and O–H groups in total. The molecule has 2 aromatic heterocycles. The third-order valence-corrected chi connectivity index (χ3v) is 13.0. The number of aryl methyl sites for hydroxylation is 1. The lowest BCUT2D eigenvalue weighted by Gasteiger charge is -2.34. The van der Waals surface area contributed by atoms with E-state index in [2.05, 4.69) is 22.2 Å². The van der Waals surface area contributed by atoms with Crippen LogP contribution in [-0.4, -0.2) is 110 Å². The summed E-state index contributed by atoms with van der Waals surface area (Å²) < 4.78 is 34.3. The molecule has 1 fully saturated rings. The van der Waals surface area contributed by atoms with Crippen LogP contribution >= 0.6 is 21.6 Å². The molecule has 2 aliphatic heterocycles. The zero-order chi connectivity index (χ0) is 45.3. The van der Waals surface area contributed by atoms with Crippen LogP contribution in [0.2, 0.25) is 0 Å². The monoisotopic (exact) mass is 905 g/mol. The van der Waals surface area contributed by atoms with Crippen LogP contribution < -0.4 is 20.5 Å². The molecule has 63 heavy (non-hydrogen) atoms. The Hall–Kier alpha value is -5.30. The van der Waals surface area contributed by atoms with Crippen molar-refractivity contribution in [2.45, 2.75) is 71.8 Å². The van der Waals surface area contributed by atoms with Gasteiger partial charge in [0.05, 0.1) is 35.6 Å². The molecule has 4 heterocycles. The fraction of sp³-hybridized carbons (Fsp3) is 0.467. The molecule has 1 atom stereocenters. The SMILES string of the molecule is CCc1c2c(nc3ccc(OC(=O)OC(C)(C)C)cc13)-c1cc([C@](C=O)(CC)OC(=O)OCCSSCCOC(=O)Nc3ccc(N4CCN(C)CC4)cc3)c(COC)c(=O)n1C2. The van der Waals surface area contributed by atoms with E-state index in [1.54, 1.807) is 56.5 Å². The zero-order valence-corrected chi connectivity index (χ0v) is 38.4. The fourth-order valence-electron chi connectivity index (χ4n) is 7.51. The molecule has 0 radical (unpaired) electrons. The molecule has 0 spiro atoms. The molecule has 338 valence electrons. The molecular weight excluding hydrogens is 851 g/mol. The number of rotatable bonds is 17. The highest BCUT2D eigenvalue weighted by Crippen LogP contribution is 2.40. The number of carbonyl (C=O) groups excluding carboxylic acids is 4. The van der Waals surface area contributed by atoms with Gasteiger partial charge in [0.25, 0.3) is 5.56 Å². The summed E-state index contributed by atoms with van der Waals surface area (Å²) in [6.07, 6.45) is -1.35. The van der Waals surface area contributed by atoms with E-state index in [1.807, 2.05) is 31.2 Å². The largest absolute Gasteiger partial charge is 0.514 e. The number of aromatic nitrogens is 2. The molecule has 6 rings (SSSR count). The first-order chi connectivity index (χ1) is 30.2. The van der Waals surface area contributed by atoms with E-state index >= 15 is 0 Å². The maximum atomic E-state index is 14.3. The Labute approximate surface area is 374 Å². The summed E-state index contributed by atoms with van der Waals surface area (Å²) in [5.41, 5.74) is 2.42. The minimum absolute atomic E-state index is 0.00392. The number of anilines is 2. The van der Waals surface area contributed by atoms with Crippen LogP contribution in [0.15, 0.2) is 53.3 Å². The number of methoxy groups -OCH3 is 1. The van der Waals surface area contributed by atoms with Gasteiger partial charge in [0, 0.05) is 72.7 Å². The lowest BCUT2D eigenvalue weighted by molar-refractivity contribution is -0.129. The highest BCUT2D eigenvalue weighted by atomic mass is 33.1. The topological polar surface area (TPSA) is 177 Å². The minimum atomic E-state index is -1.87.